The fraction of sp³-hybridized carbons (Fsp3) is 0.600. The van der Waals surface area contributed by atoms with E-state index in [0.717, 1.165) is 58.0 Å². The average molecular weight is 343 g/mol. The second-order valence-corrected chi connectivity index (χ2v) is 7.48. The van der Waals surface area contributed by atoms with Crippen molar-refractivity contribution in [1.82, 2.24) is 10.2 Å². The van der Waals surface area contributed by atoms with Crippen LogP contribution in [-0.4, -0.2) is 41.4 Å². The van der Waals surface area contributed by atoms with E-state index in [2.05, 4.69) is 17.4 Å². The fourth-order valence-corrected chi connectivity index (χ4v) is 3.89. The third kappa shape index (κ3) is 4.60. The summed E-state index contributed by atoms with van der Waals surface area (Å²) in [6.07, 6.45) is 6.62. The zero-order valence-corrected chi connectivity index (χ0v) is 14.9. The van der Waals surface area contributed by atoms with Crippen LogP contribution in [0.1, 0.15) is 50.5 Å². The first kappa shape index (κ1) is 17.9. The molecule has 2 fully saturated rings. The summed E-state index contributed by atoms with van der Waals surface area (Å²) in [4.78, 5) is 26.7. The molecule has 2 amide bonds. The number of hydrogen-bond acceptors (Lipinski definition) is 3. The minimum atomic E-state index is -0.664. The monoisotopic (exact) mass is 343 g/mol. The SMILES string of the molecule is NC1(C(=O)NC2CCN(C(=O)CCc3ccccc3)CC2)CCCC1. The van der Waals surface area contributed by atoms with Gasteiger partial charge in [0.2, 0.25) is 11.8 Å². The van der Waals surface area contributed by atoms with Crippen LogP contribution in [0.2, 0.25) is 0 Å². The molecule has 1 heterocycles. The summed E-state index contributed by atoms with van der Waals surface area (Å²) < 4.78 is 0. The number of hydrogen-bond donors (Lipinski definition) is 2. The van der Waals surface area contributed by atoms with Crippen molar-refractivity contribution >= 4 is 11.8 Å². The lowest BCUT2D eigenvalue weighted by atomic mass is 9.96. The van der Waals surface area contributed by atoms with Gasteiger partial charge in [0.05, 0.1) is 5.54 Å². The molecule has 0 spiro atoms. The lowest BCUT2D eigenvalue weighted by Crippen LogP contribution is -2.56. The Labute approximate surface area is 150 Å². The number of likely N-dealkylation sites (tertiary alicyclic amines) is 1. The number of carbonyl (C=O) groups excluding carboxylic acids is 2. The Balaban J connectivity index is 1.40. The van der Waals surface area contributed by atoms with Gasteiger partial charge in [-0.15, -0.1) is 0 Å². The van der Waals surface area contributed by atoms with Gasteiger partial charge < -0.3 is 16.0 Å². The van der Waals surface area contributed by atoms with Crippen molar-refractivity contribution in [2.24, 2.45) is 5.73 Å². The molecule has 3 N–H and O–H groups in total. The standard InChI is InChI=1S/C20H29N3O2/c21-20(12-4-5-13-20)19(25)22-17-10-14-23(15-11-17)18(24)9-8-16-6-2-1-3-7-16/h1-3,6-7,17H,4-5,8-15,21H2,(H,22,25). The van der Waals surface area contributed by atoms with Gasteiger partial charge in [0, 0.05) is 25.6 Å². The van der Waals surface area contributed by atoms with Gasteiger partial charge in [0.1, 0.15) is 0 Å². The number of benzene rings is 1. The van der Waals surface area contributed by atoms with Crippen molar-refractivity contribution in [3.05, 3.63) is 35.9 Å². The van der Waals surface area contributed by atoms with E-state index in [9.17, 15) is 9.59 Å². The van der Waals surface area contributed by atoms with Crippen LogP contribution in [0, 0.1) is 0 Å². The van der Waals surface area contributed by atoms with Crippen LogP contribution in [-0.2, 0) is 16.0 Å². The van der Waals surface area contributed by atoms with Crippen LogP contribution >= 0.6 is 0 Å². The van der Waals surface area contributed by atoms with E-state index in [1.807, 2.05) is 23.1 Å². The average Bonchev–Trinajstić information content (AvgIpc) is 3.09. The molecule has 1 aromatic carbocycles. The molecule has 0 bridgehead atoms. The fourth-order valence-electron chi connectivity index (χ4n) is 3.89. The third-order valence-electron chi connectivity index (χ3n) is 5.60. The van der Waals surface area contributed by atoms with E-state index in [1.165, 1.54) is 5.56 Å². The summed E-state index contributed by atoms with van der Waals surface area (Å²) in [7, 11) is 0. The maximum atomic E-state index is 12.4. The van der Waals surface area contributed by atoms with E-state index < -0.39 is 5.54 Å². The molecule has 3 rings (SSSR count). The second kappa shape index (κ2) is 8.00. The van der Waals surface area contributed by atoms with Crippen LogP contribution < -0.4 is 11.1 Å². The number of aryl methyl sites for hydroxylation is 1. The minimum absolute atomic E-state index is 0.00106. The number of nitrogens with one attached hydrogen (secondary N) is 1. The van der Waals surface area contributed by atoms with Gasteiger partial charge in [-0.2, -0.15) is 0 Å². The van der Waals surface area contributed by atoms with Crippen LogP contribution in [0.25, 0.3) is 0 Å². The smallest absolute Gasteiger partial charge is 0.240 e. The Hall–Kier alpha value is -1.88. The predicted molar refractivity (Wildman–Crippen MR) is 97.9 cm³/mol. The second-order valence-electron chi connectivity index (χ2n) is 7.48. The largest absolute Gasteiger partial charge is 0.352 e. The van der Waals surface area contributed by atoms with Gasteiger partial charge in [0.15, 0.2) is 0 Å². The molecule has 0 radical (unpaired) electrons. The van der Waals surface area contributed by atoms with Gasteiger partial charge in [0.25, 0.3) is 0 Å². The predicted octanol–water partition coefficient (Wildman–Crippen LogP) is 2.00. The van der Waals surface area contributed by atoms with E-state index >= 15 is 0 Å². The van der Waals surface area contributed by atoms with Crippen molar-refractivity contribution < 1.29 is 9.59 Å². The number of nitrogens with two attached hydrogens (primary N) is 1. The molecule has 0 aromatic heterocycles. The maximum Gasteiger partial charge on any atom is 0.240 e. The lowest BCUT2D eigenvalue weighted by molar-refractivity contribution is -0.132. The highest BCUT2D eigenvalue weighted by Crippen LogP contribution is 2.27. The molecule has 136 valence electrons. The lowest BCUT2D eigenvalue weighted by Gasteiger charge is -2.34. The zero-order chi connectivity index (χ0) is 17.7. The summed E-state index contributed by atoms with van der Waals surface area (Å²) in [6.45, 7) is 1.44. The van der Waals surface area contributed by atoms with Crippen molar-refractivity contribution in [3.63, 3.8) is 0 Å². The first-order valence-corrected chi connectivity index (χ1v) is 9.48. The Morgan fingerprint density at radius 1 is 1.12 bits per heavy atom. The summed E-state index contributed by atoms with van der Waals surface area (Å²) in [5.74, 6) is 0.207. The highest BCUT2D eigenvalue weighted by Gasteiger charge is 2.38. The molecule has 2 aliphatic rings. The molecule has 1 aromatic rings. The molecule has 0 unspecified atom stereocenters. The molecule has 25 heavy (non-hydrogen) atoms. The Morgan fingerprint density at radius 3 is 2.40 bits per heavy atom. The summed E-state index contributed by atoms with van der Waals surface area (Å²) >= 11 is 0. The molecule has 1 aliphatic heterocycles. The van der Waals surface area contributed by atoms with Gasteiger partial charge in [-0.1, -0.05) is 43.2 Å². The van der Waals surface area contributed by atoms with E-state index in [1.54, 1.807) is 0 Å². The normalized spacial score (nSPS) is 20.4. The molecule has 1 aliphatic carbocycles. The molecule has 5 nitrogen and oxygen atoms in total. The molecule has 1 saturated heterocycles. The number of carbonyl (C=O) groups is 2. The van der Waals surface area contributed by atoms with Crippen LogP contribution in [0.3, 0.4) is 0 Å². The van der Waals surface area contributed by atoms with E-state index in [-0.39, 0.29) is 17.9 Å². The molecule has 0 atom stereocenters. The number of amides is 2. The number of rotatable bonds is 5. The Bertz CT molecular complexity index is 588. The number of piperidine rings is 1. The summed E-state index contributed by atoms with van der Waals surface area (Å²) in [6, 6.07) is 10.3. The van der Waals surface area contributed by atoms with Gasteiger partial charge in [-0.3, -0.25) is 9.59 Å². The van der Waals surface area contributed by atoms with Gasteiger partial charge >= 0.3 is 0 Å². The van der Waals surface area contributed by atoms with Crippen LogP contribution in [0.5, 0.6) is 0 Å². The zero-order valence-electron chi connectivity index (χ0n) is 14.9. The van der Waals surface area contributed by atoms with Crippen molar-refractivity contribution in [1.29, 1.82) is 0 Å². The quantitative estimate of drug-likeness (QED) is 0.858. The maximum absolute atomic E-state index is 12.4. The Kier molecular flexibility index (Phi) is 5.74. The van der Waals surface area contributed by atoms with E-state index in [0.29, 0.717) is 6.42 Å². The van der Waals surface area contributed by atoms with Crippen molar-refractivity contribution in [3.8, 4) is 0 Å². The molecular formula is C20H29N3O2. The third-order valence-corrected chi connectivity index (χ3v) is 5.60. The Morgan fingerprint density at radius 2 is 1.76 bits per heavy atom. The first-order chi connectivity index (χ1) is 12.1. The van der Waals surface area contributed by atoms with Crippen LogP contribution in [0.4, 0.5) is 0 Å². The molecular weight excluding hydrogens is 314 g/mol. The topological polar surface area (TPSA) is 75.4 Å². The van der Waals surface area contributed by atoms with E-state index in [4.69, 9.17) is 5.73 Å². The number of nitrogens with zero attached hydrogens (tertiary/aromatic N) is 1. The van der Waals surface area contributed by atoms with Gasteiger partial charge in [-0.25, -0.2) is 0 Å². The van der Waals surface area contributed by atoms with Crippen LogP contribution in [0.15, 0.2) is 30.3 Å². The minimum Gasteiger partial charge on any atom is -0.352 e. The molecule has 1 saturated carbocycles. The van der Waals surface area contributed by atoms with Crippen molar-refractivity contribution in [2.75, 3.05) is 13.1 Å². The first-order valence-electron chi connectivity index (χ1n) is 9.48. The van der Waals surface area contributed by atoms with Gasteiger partial charge in [-0.05, 0) is 37.7 Å². The molecule has 5 heteroatoms. The highest BCUT2D eigenvalue weighted by molar-refractivity contribution is 5.86. The van der Waals surface area contributed by atoms with Crippen molar-refractivity contribution in [2.45, 2.75) is 62.9 Å². The summed E-state index contributed by atoms with van der Waals surface area (Å²) in [5.41, 5.74) is 6.75. The summed E-state index contributed by atoms with van der Waals surface area (Å²) in [5, 5.41) is 3.12. The highest BCUT2D eigenvalue weighted by atomic mass is 16.2.